The van der Waals surface area contributed by atoms with Gasteiger partial charge in [-0.25, -0.2) is 9.97 Å². The summed E-state index contributed by atoms with van der Waals surface area (Å²) in [5, 5.41) is 7.27. The fraction of sp³-hybridized carbons (Fsp3) is 0.286. The van der Waals surface area contributed by atoms with Crippen LogP contribution in [0.4, 0.5) is 0 Å². The van der Waals surface area contributed by atoms with Crippen LogP contribution in [-0.4, -0.2) is 44.4 Å². The van der Waals surface area contributed by atoms with Gasteiger partial charge < -0.3 is 14.6 Å². The summed E-state index contributed by atoms with van der Waals surface area (Å²) >= 11 is 0. The Kier molecular flexibility index (Phi) is 3.37. The van der Waals surface area contributed by atoms with Crippen LogP contribution in [0.15, 0.2) is 41.6 Å². The molecule has 0 spiro atoms. The Labute approximate surface area is 126 Å². The first-order chi connectivity index (χ1) is 10.9. The summed E-state index contributed by atoms with van der Waals surface area (Å²) in [4.78, 5) is 12.8. The summed E-state index contributed by atoms with van der Waals surface area (Å²) in [6, 6.07) is 3.73. The van der Waals surface area contributed by atoms with Crippen LogP contribution in [0.25, 0.3) is 17.2 Å². The van der Waals surface area contributed by atoms with Crippen LogP contribution in [0.1, 0.15) is 12.0 Å². The number of aromatic nitrogens is 5. The van der Waals surface area contributed by atoms with Crippen molar-refractivity contribution in [2.24, 2.45) is 0 Å². The molecule has 22 heavy (non-hydrogen) atoms. The van der Waals surface area contributed by atoms with Gasteiger partial charge in [0.25, 0.3) is 5.89 Å². The van der Waals surface area contributed by atoms with E-state index in [0.29, 0.717) is 24.9 Å². The van der Waals surface area contributed by atoms with E-state index in [9.17, 15) is 0 Å². The van der Waals surface area contributed by atoms with Crippen LogP contribution in [0.5, 0.6) is 0 Å². The molecule has 0 amide bonds. The third kappa shape index (κ3) is 2.49. The first kappa shape index (κ1) is 13.1. The van der Waals surface area contributed by atoms with Crippen LogP contribution in [0.3, 0.4) is 0 Å². The number of ether oxygens (including phenoxy) is 1. The summed E-state index contributed by atoms with van der Waals surface area (Å²) < 4.78 is 12.8. The number of pyridine rings is 1. The van der Waals surface area contributed by atoms with Gasteiger partial charge in [0.05, 0.1) is 6.61 Å². The van der Waals surface area contributed by atoms with E-state index >= 15 is 0 Å². The van der Waals surface area contributed by atoms with Gasteiger partial charge >= 0.3 is 0 Å². The zero-order valence-corrected chi connectivity index (χ0v) is 11.7. The lowest BCUT2D eigenvalue weighted by Crippen LogP contribution is -2.33. The second-order valence-corrected chi connectivity index (χ2v) is 4.89. The molecule has 1 fully saturated rings. The average molecular weight is 298 g/mol. The maximum Gasteiger partial charge on any atom is 0.257 e. The van der Waals surface area contributed by atoms with E-state index in [-0.39, 0.29) is 6.10 Å². The third-order valence-corrected chi connectivity index (χ3v) is 3.42. The Balaban J connectivity index is 1.62. The molecule has 1 N–H and O–H groups in total. The van der Waals surface area contributed by atoms with Crippen molar-refractivity contribution in [1.82, 2.24) is 30.0 Å². The van der Waals surface area contributed by atoms with Gasteiger partial charge in [-0.1, -0.05) is 5.16 Å². The van der Waals surface area contributed by atoms with Crippen molar-refractivity contribution in [3.63, 3.8) is 0 Å². The van der Waals surface area contributed by atoms with E-state index in [1.54, 1.807) is 18.7 Å². The summed E-state index contributed by atoms with van der Waals surface area (Å²) in [7, 11) is 0. The topological polar surface area (TPSA) is 90.9 Å². The SMILES string of the molecule is c1cn(-c2cc(-c3noc([C@@H]4CNCCO4)n3)ccn2)cn1. The van der Waals surface area contributed by atoms with Crippen molar-refractivity contribution in [2.75, 3.05) is 19.7 Å². The maximum atomic E-state index is 5.61. The zero-order chi connectivity index (χ0) is 14.8. The first-order valence-electron chi connectivity index (χ1n) is 7.01. The van der Waals surface area contributed by atoms with E-state index in [1.807, 2.05) is 22.9 Å². The molecule has 112 valence electrons. The van der Waals surface area contributed by atoms with Crippen LogP contribution in [0, 0.1) is 0 Å². The minimum absolute atomic E-state index is 0.190. The quantitative estimate of drug-likeness (QED) is 0.770. The molecule has 0 radical (unpaired) electrons. The first-order valence-corrected chi connectivity index (χ1v) is 7.01. The van der Waals surface area contributed by atoms with Crippen molar-refractivity contribution in [2.45, 2.75) is 6.10 Å². The van der Waals surface area contributed by atoms with Crippen LogP contribution in [0.2, 0.25) is 0 Å². The van der Waals surface area contributed by atoms with Crippen molar-refractivity contribution in [3.05, 3.63) is 42.9 Å². The van der Waals surface area contributed by atoms with Gasteiger partial charge in [0.2, 0.25) is 5.82 Å². The normalized spacial score (nSPS) is 18.5. The second kappa shape index (κ2) is 5.66. The summed E-state index contributed by atoms with van der Waals surface area (Å²) in [6.45, 7) is 2.16. The Hall–Kier alpha value is -2.58. The highest BCUT2D eigenvalue weighted by Crippen LogP contribution is 2.22. The Morgan fingerprint density at radius 2 is 2.32 bits per heavy atom. The van der Waals surface area contributed by atoms with Crippen LogP contribution in [-0.2, 0) is 4.74 Å². The molecule has 0 saturated carbocycles. The van der Waals surface area contributed by atoms with Crippen LogP contribution >= 0.6 is 0 Å². The third-order valence-electron chi connectivity index (χ3n) is 3.42. The molecule has 3 aromatic rings. The van der Waals surface area contributed by atoms with E-state index in [4.69, 9.17) is 9.26 Å². The molecule has 4 heterocycles. The monoisotopic (exact) mass is 298 g/mol. The largest absolute Gasteiger partial charge is 0.366 e. The minimum Gasteiger partial charge on any atom is -0.366 e. The lowest BCUT2D eigenvalue weighted by molar-refractivity contribution is 0.00755. The molecule has 1 aliphatic heterocycles. The molecular weight excluding hydrogens is 284 g/mol. The molecule has 1 atom stereocenters. The lowest BCUT2D eigenvalue weighted by Gasteiger charge is -2.19. The number of nitrogens with one attached hydrogen (secondary N) is 1. The number of rotatable bonds is 3. The van der Waals surface area contributed by atoms with Gasteiger partial charge in [-0.3, -0.25) is 4.57 Å². The lowest BCUT2D eigenvalue weighted by atomic mass is 10.2. The standard InChI is InChI=1S/C14H14N6O2/c1-2-17-12(20-5-3-16-9-20)7-10(1)13-18-14(22-19-13)11-8-15-4-6-21-11/h1-3,5,7,9,11,15H,4,6,8H2/t11-/m0/s1. The Bertz CT molecular complexity index is 748. The second-order valence-electron chi connectivity index (χ2n) is 4.89. The molecule has 0 aromatic carbocycles. The van der Waals surface area contributed by atoms with Crippen molar-refractivity contribution in [3.8, 4) is 17.2 Å². The van der Waals surface area contributed by atoms with Gasteiger partial charge in [-0.05, 0) is 12.1 Å². The fourth-order valence-electron chi connectivity index (χ4n) is 2.30. The van der Waals surface area contributed by atoms with Crippen LogP contribution < -0.4 is 5.32 Å². The predicted octanol–water partition coefficient (Wildman–Crippen LogP) is 0.978. The zero-order valence-electron chi connectivity index (χ0n) is 11.7. The van der Waals surface area contributed by atoms with E-state index in [2.05, 4.69) is 25.4 Å². The number of morpholine rings is 1. The Morgan fingerprint density at radius 1 is 1.32 bits per heavy atom. The summed E-state index contributed by atoms with van der Waals surface area (Å²) in [5.74, 6) is 1.76. The van der Waals surface area contributed by atoms with Gasteiger partial charge in [0.15, 0.2) is 0 Å². The minimum atomic E-state index is -0.190. The van der Waals surface area contributed by atoms with E-state index in [1.165, 1.54) is 0 Å². The van der Waals surface area contributed by atoms with Crippen molar-refractivity contribution < 1.29 is 9.26 Å². The van der Waals surface area contributed by atoms with Gasteiger partial charge in [-0.2, -0.15) is 4.98 Å². The highest BCUT2D eigenvalue weighted by molar-refractivity contribution is 5.56. The molecule has 1 aliphatic rings. The highest BCUT2D eigenvalue weighted by atomic mass is 16.5. The van der Waals surface area contributed by atoms with Crippen molar-refractivity contribution in [1.29, 1.82) is 0 Å². The molecule has 4 rings (SSSR count). The van der Waals surface area contributed by atoms with Gasteiger partial charge in [0, 0.05) is 37.2 Å². The number of hydrogen-bond acceptors (Lipinski definition) is 7. The number of imidazole rings is 1. The van der Waals surface area contributed by atoms with Gasteiger partial charge in [-0.15, -0.1) is 0 Å². The molecule has 1 saturated heterocycles. The summed E-state index contributed by atoms with van der Waals surface area (Å²) in [6.07, 6.45) is 6.74. The van der Waals surface area contributed by atoms with E-state index in [0.717, 1.165) is 17.9 Å². The molecular formula is C14H14N6O2. The van der Waals surface area contributed by atoms with Crippen molar-refractivity contribution >= 4 is 0 Å². The average Bonchev–Trinajstić information content (AvgIpc) is 3.28. The summed E-state index contributed by atoms with van der Waals surface area (Å²) in [5.41, 5.74) is 0.831. The number of hydrogen-bond donors (Lipinski definition) is 1. The Morgan fingerprint density at radius 3 is 3.14 bits per heavy atom. The molecule has 0 aliphatic carbocycles. The molecule has 8 nitrogen and oxygen atoms in total. The smallest absolute Gasteiger partial charge is 0.257 e. The molecule has 0 unspecified atom stereocenters. The van der Waals surface area contributed by atoms with E-state index < -0.39 is 0 Å². The molecule has 3 aromatic heterocycles. The number of nitrogens with zero attached hydrogens (tertiary/aromatic N) is 5. The highest BCUT2D eigenvalue weighted by Gasteiger charge is 2.22. The molecule has 8 heteroatoms. The van der Waals surface area contributed by atoms with Gasteiger partial charge in [0.1, 0.15) is 18.2 Å². The maximum absolute atomic E-state index is 5.61. The predicted molar refractivity (Wildman–Crippen MR) is 76.2 cm³/mol. The molecule has 0 bridgehead atoms. The fourth-order valence-corrected chi connectivity index (χ4v) is 2.30.